The van der Waals surface area contributed by atoms with Crippen molar-refractivity contribution in [2.45, 2.75) is 12.3 Å². The molecular formula is C12H12BrN3O. The second-order valence-corrected chi connectivity index (χ2v) is 5.22. The third kappa shape index (κ3) is 2.00. The van der Waals surface area contributed by atoms with Crippen LogP contribution in [0.4, 0.5) is 0 Å². The SMILES string of the molecule is O=c1[nH]c(C2CCNC2)nc2ccc(Br)cc12. The van der Waals surface area contributed by atoms with Crippen molar-refractivity contribution in [3.8, 4) is 0 Å². The molecule has 2 heterocycles. The van der Waals surface area contributed by atoms with Crippen LogP contribution in [0.15, 0.2) is 27.5 Å². The summed E-state index contributed by atoms with van der Waals surface area (Å²) in [6.45, 7) is 1.89. The summed E-state index contributed by atoms with van der Waals surface area (Å²) in [5.41, 5.74) is 0.706. The minimum Gasteiger partial charge on any atom is -0.316 e. The van der Waals surface area contributed by atoms with Crippen LogP contribution in [0.1, 0.15) is 18.2 Å². The molecule has 0 radical (unpaired) electrons. The molecule has 5 heteroatoms. The highest BCUT2D eigenvalue weighted by molar-refractivity contribution is 9.10. The molecule has 3 rings (SSSR count). The molecule has 1 aliphatic heterocycles. The van der Waals surface area contributed by atoms with Gasteiger partial charge in [0, 0.05) is 16.9 Å². The summed E-state index contributed by atoms with van der Waals surface area (Å²) in [6.07, 6.45) is 1.03. The average molecular weight is 294 g/mol. The molecule has 1 saturated heterocycles. The molecule has 1 unspecified atom stereocenters. The number of fused-ring (bicyclic) bond motifs is 1. The van der Waals surface area contributed by atoms with E-state index in [1.54, 1.807) is 6.07 Å². The molecule has 0 bridgehead atoms. The van der Waals surface area contributed by atoms with Crippen LogP contribution in [0, 0.1) is 0 Å². The van der Waals surface area contributed by atoms with Gasteiger partial charge >= 0.3 is 0 Å². The maximum Gasteiger partial charge on any atom is 0.258 e. The quantitative estimate of drug-likeness (QED) is 0.842. The first-order valence-electron chi connectivity index (χ1n) is 5.64. The van der Waals surface area contributed by atoms with Gasteiger partial charge in [-0.25, -0.2) is 4.98 Å². The summed E-state index contributed by atoms with van der Waals surface area (Å²) in [6, 6.07) is 5.59. The Morgan fingerprint density at radius 2 is 2.29 bits per heavy atom. The lowest BCUT2D eigenvalue weighted by Gasteiger charge is -2.08. The van der Waals surface area contributed by atoms with E-state index in [1.165, 1.54) is 0 Å². The van der Waals surface area contributed by atoms with Gasteiger partial charge in [-0.3, -0.25) is 4.79 Å². The van der Waals surface area contributed by atoms with Gasteiger partial charge in [-0.05, 0) is 31.2 Å². The zero-order valence-corrected chi connectivity index (χ0v) is 10.8. The maximum absolute atomic E-state index is 12.0. The average Bonchev–Trinajstić information content (AvgIpc) is 2.83. The first kappa shape index (κ1) is 10.9. The molecular weight excluding hydrogens is 282 g/mol. The Morgan fingerprint density at radius 3 is 3.06 bits per heavy atom. The Labute approximate surface area is 107 Å². The number of aromatic amines is 1. The number of halogens is 1. The Balaban J connectivity index is 2.17. The Hall–Kier alpha value is -1.20. The number of nitrogens with zero attached hydrogens (tertiary/aromatic N) is 1. The molecule has 1 atom stereocenters. The fourth-order valence-corrected chi connectivity index (χ4v) is 2.57. The molecule has 17 heavy (non-hydrogen) atoms. The number of nitrogens with one attached hydrogen (secondary N) is 2. The zero-order chi connectivity index (χ0) is 11.8. The van der Waals surface area contributed by atoms with Crippen LogP contribution in [0.5, 0.6) is 0 Å². The lowest BCUT2D eigenvalue weighted by atomic mass is 10.1. The van der Waals surface area contributed by atoms with E-state index in [1.807, 2.05) is 12.1 Å². The molecule has 1 aromatic carbocycles. The topological polar surface area (TPSA) is 57.8 Å². The second kappa shape index (κ2) is 4.23. The van der Waals surface area contributed by atoms with Gasteiger partial charge in [0.15, 0.2) is 0 Å². The highest BCUT2D eigenvalue weighted by Crippen LogP contribution is 2.20. The van der Waals surface area contributed by atoms with E-state index in [2.05, 4.69) is 31.2 Å². The summed E-state index contributed by atoms with van der Waals surface area (Å²) < 4.78 is 0.896. The van der Waals surface area contributed by atoms with Crippen molar-refractivity contribution in [2.24, 2.45) is 0 Å². The Morgan fingerprint density at radius 1 is 1.41 bits per heavy atom. The van der Waals surface area contributed by atoms with E-state index in [0.717, 1.165) is 35.3 Å². The normalized spacial score (nSPS) is 19.9. The predicted octanol–water partition coefficient (Wildman–Crippen LogP) is 1.76. The van der Waals surface area contributed by atoms with Crippen molar-refractivity contribution in [2.75, 3.05) is 13.1 Å². The highest BCUT2D eigenvalue weighted by atomic mass is 79.9. The first-order chi connectivity index (χ1) is 8.24. The molecule has 2 aromatic rings. The van der Waals surface area contributed by atoms with Crippen LogP contribution >= 0.6 is 15.9 Å². The molecule has 4 nitrogen and oxygen atoms in total. The van der Waals surface area contributed by atoms with Gasteiger partial charge in [0.2, 0.25) is 0 Å². The van der Waals surface area contributed by atoms with Crippen molar-refractivity contribution in [1.29, 1.82) is 0 Å². The van der Waals surface area contributed by atoms with Gasteiger partial charge in [0.25, 0.3) is 5.56 Å². The molecule has 1 aliphatic rings. The van der Waals surface area contributed by atoms with Crippen molar-refractivity contribution in [1.82, 2.24) is 15.3 Å². The van der Waals surface area contributed by atoms with Crippen LogP contribution in [-0.2, 0) is 0 Å². The van der Waals surface area contributed by atoms with Crippen LogP contribution < -0.4 is 10.9 Å². The standard InChI is InChI=1S/C12H12BrN3O/c13-8-1-2-10-9(5-8)12(17)16-11(15-10)7-3-4-14-6-7/h1-2,5,7,14H,3-4,6H2,(H,15,16,17). The number of rotatable bonds is 1. The maximum atomic E-state index is 12.0. The number of benzene rings is 1. The minimum atomic E-state index is -0.0572. The van der Waals surface area contributed by atoms with E-state index in [-0.39, 0.29) is 5.56 Å². The highest BCUT2D eigenvalue weighted by Gasteiger charge is 2.19. The molecule has 0 spiro atoms. The zero-order valence-electron chi connectivity index (χ0n) is 9.16. The first-order valence-corrected chi connectivity index (χ1v) is 6.43. The minimum absolute atomic E-state index is 0.0572. The van der Waals surface area contributed by atoms with Crippen LogP contribution in [-0.4, -0.2) is 23.1 Å². The van der Waals surface area contributed by atoms with Crippen molar-refractivity contribution >= 4 is 26.8 Å². The van der Waals surface area contributed by atoms with Gasteiger partial charge in [0.1, 0.15) is 5.82 Å². The van der Waals surface area contributed by atoms with E-state index >= 15 is 0 Å². The number of aromatic nitrogens is 2. The number of H-pyrrole nitrogens is 1. The summed E-state index contributed by atoms with van der Waals surface area (Å²) in [5, 5.41) is 3.91. The van der Waals surface area contributed by atoms with Gasteiger partial charge in [-0.1, -0.05) is 15.9 Å². The molecule has 0 amide bonds. The number of hydrogen-bond acceptors (Lipinski definition) is 3. The van der Waals surface area contributed by atoms with E-state index in [0.29, 0.717) is 11.3 Å². The van der Waals surface area contributed by atoms with E-state index in [4.69, 9.17) is 0 Å². The van der Waals surface area contributed by atoms with E-state index in [9.17, 15) is 4.79 Å². The smallest absolute Gasteiger partial charge is 0.258 e. The summed E-state index contributed by atoms with van der Waals surface area (Å²) in [7, 11) is 0. The lowest BCUT2D eigenvalue weighted by Crippen LogP contribution is -2.16. The fraction of sp³-hybridized carbons (Fsp3) is 0.333. The largest absolute Gasteiger partial charge is 0.316 e. The molecule has 88 valence electrons. The van der Waals surface area contributed by atoms with Gasteiger partial charge in [-0.2, -0.15) is 0 Å². The van der Waals surface area contributed by atoms with Gasteiger partial charge in [0.05, 0.1) is 10.9 Å². The summed E-state index contributed by atoms with van der Waals surface area (Å²) in [5.74, 6) is 1.13. The van der Waals surface area contributed by atoms with Gasteiger partial charge < -0.3 is 10.3 Å². The monoisotopic (exact) mass is 293 g/mol. The van der Waals surface area contributed by atoms with Crippen molar-refractivity contribution in [3.63, 3.8) is 0 Å². The summed E-state index contributed by atoms with van der Waals surface area (Å²) >= 11 is 3.36. The Bertz CT molecular complexity index is 617. The predicted molar refractivity (Wildman–Crippen MR) is 70.3 cm³/mol. The van der Waals surface area contributed by atoms with Gasteiger partial charge in [-0.15, -0.1) is 0 Å². The Kier molecular flexibility index (Phi) is 2.72. The fourth-order valence-electron chi connectivity index (χ4n) is 2.21. The van der Waals surface area contributed by atoms with E-state index < -0.39 is 0 Å². The van der Waals surface area contributed by atoms with Crippen molar-refractivity contribution in [3.05, 3.63) is 38.9 Å². The van der Waals surface area contributed by atoms with Crippen molar-refractivity contribution < 1.29 is 0 Å². The third-order valence-corrected chi connectivity index (χ3v) is 3.63. The van der Waals surface area contributed by atoms with Crippen LogP contribution in [0.3, 0.4) is 0 Å². The van der Waals surface area contributed by atoms with Crippen LogP contribution in [0.2, 0.25) is 0 Å². The van der Waals surface area contributed by atoms with Crippen LogP contribution in [0.25, 0.3) is 10.9 Å². The lowest BCUT2D eigenvalue weighted by molar-refractivity contribution is 0.703. The molecule has 1 aromatic heterocycles. The molecule has 0 aliphatic carbocycles. The third-order valence-electron chi connectivity index (χ3n) is 3.13. The molecule has 0 saturated carbocycles. The second-order valence-electron chi connectivity index (χ2n) is 4.30. The molecule has 2 N–H and O–H groups in total. The molecule has 1 fully saturated rings. The number of hydrogen-bond donors (Lipinski definition) is 2. The summed E-state index contributed by atoms with van der Waals surface area (Å²) in [4.78, 5) is 19.4.